The minimum Gasteiger partial charge on any atom is -0.261 e. The fourth-order valence-corrected chi connectivity index (χ4v) is 7.31. The van der Waals surface area contributed by atoms with E-state index < -0.39 is 19.9 Å². The maximum absolute atomic E-state index is 14.0. The molecule has 0 amide bonds. The Morgan fingerprint density at radius 1 is 0.744 bits per heavy atom. The van der Waals surface area contributed by atoms with Crippen LogP contribution < -0.4 is 0 Å². The molecule has 1 aromatic heterocycles. The zero-order valence-corrected chi connectivity index (χ0v) is 24.6. The summed E-state index contributed by atoms with van der Waals surface area (Å²) in [6.07, 6.45) is 3.52. The highest BCUT2D eigenvalue weighted by molar-refractivity contribution is 7.90. The van der Waals surface area contributed by atoms with Crippen molar-refractivity contribution >= 4 is 19.9 Å². The summed E-state index contributed by atoms with van der Waals surface area (Å²) in [5, 5.41) is 0. The van der Waals surface area contributed by atoms with Crippen LogP contribution in [0.1, 0.15) is 33.5 Å². The lowest BCUT2D eigenvalue weighted by atomic mass is 10.0. The maximum atomic E-state index is 14.0. The Morgan fingerprint density at radius 3 is 1.97 bits per heavy atom. The topological polar surface area (TPSA) is 84.4 Å². The van der Waals surface area contributed by atoms with E-state index in [1.165, 1.54) is 10.6 Å². The predicted molar refractivity (Wildman–Crippen MR) is 156 cm³/mol. The molecule has 0 N–H and O–H groups in total. The van der Waals surface area contributed by atoms with E-state index in [0.29, 0.717) is 17.9 Å². The molecule has 0 bridgehead atoms. The zero-order chi connectivity index (χ0) is 28.4. The van der Waals surface area contributed by atoms with Crippen LogP contribution in [-0.2, 0) is 32.8 Å². The Hall–Kier alpha value is -3.33. The molecule has 0 atom stereocenters. The SMILES string of the molecule is Cc1cc(C)c(S(=O)(=O)N(CCc2ccc(C)nc2)Cc2ccc(-c3cccc(S(C)(=O)=O)c3)cc2)c(C)c1. The minimum atomic E-state index is -3.79. The van der Waals surface area contributed by atoms with Gasteiger partial charge in [0.15, 0.2) is 9.84 Å². The summed E-state index contributed by atoms with van der Waals surface area (Å²) in [6, 6.07) is 22.1. The number of aromatic nitrogens is 1. The van der Waals surface area contributed by atoms with E-state index in [0.717, 1.165) is 44.6 Å². The number of hydrogen-bond donors (Lipinski definition) is 0. The second kappa shape index (κ2) is 11.4. The summed E-state index contributed by atoms with van der Waals surface area (Å²) < 4.78 is 53.6. The number of benzene rings is 3. The number of pyridine rings is 1. The molecule has 8 heteroatoms. The Balaban J connectivity index is 1.66. The molecule has 4 aromatic rings. The lowest BCUT2D eigenvalue weighted by Crippen LogP contribution is -2.33. The van der Waals surface area contributed by atoms with E-state index in [4.69, 9.17) is 0 Å². The van der Waals surface area contributed by atoms with Gasteiger partial charge in [-0.1, -0.05) is 60.2 Å². The molecular formula is C31H34N2O4S2. The van der Waals surface area contributed by atoms with Crippen molar-refractivity contribution in [3.8, 4) is 11.1 Å². The molecule has 0 fully saturated rings. The van der Waals surface area contributed by atoms with Gasteiger partial charge in [-0.25, -0.2) is 16.8 Å². The Labute approximate surface area is 232 Å². The summed E-state index contributed by atoms with van der Waals surface area (Å²) >= 11 is 0. The van der Waals surface area contributed by atoms with Gasteiger partial charge in [0, 0.05) is 31.2 Å². The van der Waals surface area contributed by atoms with Crippen LogP contribution in [0.25, 0.3) is 11.1 Å². The van der Waals surface area contributed by atoms with E-state index in [9.17, 15) is 16.8 Å². The van der Waals surface area contributed by atoms with Gasteiger partial charge >= 0.3 is 0 Å². The van der Waals surface area contributed by atoms with Gasteiger partial charge in [0.1, 0.15) is 0 Å². The fourth-order valence-electron chi connectivity index (χ4n) is 4.80. The predicted octanol–water partition coefficient (Wildman–Crippen LogP) is 5.82. The molecule has 3 aromatic carbocycles. The number of rotatable bonds is 9. The first-order valence-electron chi connectivity index (χ1n) is 12.7. The molecule has 0 radical (unpaired) electrons. The fraction of sp³-hybridized carbons (Fsp3) is 0.258. The molecule has 0 saturated heterocycles. The quantitative estimate of drug-likeness (QED) is 0.257. The van der Waals surface area contributed by atoms with Gasteiger partial charge in [-0.2, -0.15) is 4.31 Å². The molecule has 0 saturated carbocycles. The van der Waals surface area contributed by atoms with Crippen LogP contribution in [0.3, 0.4) is 0 Å². The molecule has 0 aliphatic rings. The van der Waals surface area contributed by atoms with Crippen LogP contribution in [0.15, 0.2) is 88.8 Å². The van der Waals surface area contributed by atoms with Crippen LogP contribution in [0.4, 0.5) is 0 Å². The molecule has 0 aliphatic carbocycles. The van der Waals surface area contributed by atoms with Gasteiger partial charge in [0.25, 0.3) is 0 Å². The summed E-state index contributed by atoms with van der Waals surface area (Å²) in [5.74, 6) is 0. The summed E-state index contributed by atoms with van der Waals surface area (Å²) in [4.78, 5) is 4.96. The van der Waals surface area contributed by atoms with Crippen LogP contribution in [-0.4, -0.2) is 38.9 Å². The highest BCUT2D eigenvalue weighted by Crippen LogP contribution is 2.28. The van der Waals surface area contributed by atoms with Crippen LogP contribution in [0.5, 0.6) is 0 Å². The van der Waals surface area contributed by atoms with Gasteiger partial charge in [-0.15, -0.1) is 0 Å². The van der Waals surface area contributed by atoms with Crippen LogP contribution >= 0.6 is 0 Å². The summed E-state index contributed by atoms with van der Waals surface area (Å²) in [5.41, 5.74) is 6.85. The normalized spacial score (nSPS) is 12.2. The molecule has 4 rings (SSSR count). The first-order valence-corrected chi connectivity index (χ1v) is 16.1. The van der Waals surface area contributed by atoms with Crippen LogP contribution in [0, 0.1) is 27.7 Å². The largest absolute Gasteiger partial charge is 0.261 e. The lowest BCUT2D eigenvalue weighted by Gasteiger charge is -2.25. The molecule has 6 nitrogen and oxygen atoms in total. The standard InChI is InChI=1S/C31H34N2O4S2/c1-22-17-23(2)31(24(3)18-22)39(36,37)33(16-15-26-10-9-25(4)32-20-26)21-27-11-13-28(14-12-27)29-7-6-8-30(19-29)38(5,34)35/h6-14,17-20H,15-16,21H2,1-5H3. The highest BCUT2D eigenvalue weighted by atomic mass is 32.2. The van der Waals surface area contributed by atoms with Gasteiger partial charge in [0.05, 0.1) is 9.79 Å². The van der Waals surface area contributed by atoms with E-state index in [1.54, 1.807) is 24.4 Å². The van der Waals surface area contributed by atoms with Gasteiger partial charge < -0.3 is 0 Å². The van der Waals surface area contributed by atoms with Gasteiger partial charge in [-0.3, -0.25) is 4.98 Å². The Bertz CT molecular complexity index is 1670. The van der Waals surface area contributed by atoms with E-state index >= 15 is 0 Å². The third kappa shape index (κ3) is 6.82. The van der Waals surface area contributed by atoms with Crippen molar-refractivity contribution in [2.45, 2.75) is 50.5 Å². The number of aryl methyl sites for hydroxylation is 4. The molecule has 1 heterocycles. The first kappa shape index (κ1) is 28.7. The summed E-state index contributed by atoms with van der Waals surface area (Å²) in [6.45, 7) is 8.08. The number of nitrogens with zero attached hydrogens (tertiary/aromatic N) is 2. The second-order valence-corrected chi connectivity index (χ2v) is 14.0. The van der Waals surface area contributed by atoms with Crippen molar-refractivity contribution in [2.24, 2.45) is 0 Å². The molecule has 39 heavy (non-hydrogen) atoms. The lowest BCUT2D eigenvalue weighted by molar-refractivity contribution is 0.408. The minimum absolute atomic E-state index is 0.206. The second-order valence-electron chi connectivity index (χ2n) is 10.1. The van der Waals surface area contributed by atoms with Crippen molar-refractivity contribution in [3.05, 3.63) is 113 Å². The third-order valence-electron chi connectivity index (χ3n) is 6.73. The number of sulfonamides is 1. The molecule has 0 unspecified atom stereocenters. The van der Waals surface area contributed by atoms with Crippen molar-refractivity contribution in [1.82, 2.24) is 9.29 Å². The Kier molecular flexibility index (Phi) is 8.39. The van der Waals surface area contributed by atoms with Crippen molar-refractivity contribution in [2.75, 3.05) is 12.8 Å². The molecule has 204 valence electrons. The van der Waals surface area contributed by atoms with E-state index in [-0.39, 0.29) is 11.4 Å². The average molecular weight is 563 g/mol. The molecule has 0 aliphatic heterocycles. The highest BCUT2D eigenvalue weighted by Gasteiger charge is 2.28. The Morgan fingerprint density at radius 2 is 1.38 bits per heavy atom. The van der Waals surface area contributed by atoms with Gasteiger partial charge in [0.2, 0.25) is 10.0 Å². The molecular weight excluding hydrogens is 528 g/mol. The molecule has 0 spiro atoms. The van der Waals surface area contributed by atoms with E-state index in [1.807, 2.05) is 82.3 Å². The maximum Gasteiger partial charge on any atom is 0.243 e. The third-order valence-corrected chi connectivity index (χ3v) is 10.00. The first-order chi connectivity index (χ1) is 18.3. The van der Waals surface area contributed by atoms with Crippen LogP contribution in [0.2, 0.25) is 0 Å². The zero-order valence-electron chi connectivity index (χ0n) is 23.0. The van der Waals surface area contributed by atoms with Crippen molar-refractivity contribution < 1.29 is 16.8 Å². The van der Waals surface area contributed by atoms with Crippen molar-refractivity contribution in [1.29, 1.82) is 0 Å². The van der Waals surface area contributed by atoms with E-state index in [2.05, 4.69) is 4.98 Å². The number of hydrogen-bond acceptors (Lipinski definition) is 5. The monoisotopic (exact) mass is 562 g/mol. The summed E-state index contributed by atoms with van der Waals surface area (Å²) in [7, 11) is -7.11. The van der Waals surface area contributed by atoms with Gasteiger partial charge in [-0.05, 0) is 85.7 Å². The smallest absolute Gasteiger partial charge is 0.243 e. The average Bonchev–Trinajstić information content (AvgIpc) is 2.86. The number of sulfone groups is 1. The van der Waals surface area contributed by atoms with Crippen molar-refractivity contribution in [3.63, 3.8) is 0 Å².